The van der Waals surface area contributed by atoms with E-state index in [0.717, 1.165) is 23.0 Å². The summed E-state index contributed by atoms with van der Waals surface area (Å²) in [4.78, 5) is 0. The Hall–Kier alpha value is -1.53. The number of benzene rings is 1. The molecule has 0 bridgehead atoms. The van der Waals surface area contributed by atoms with Crippen LogP contribution >= 0.6 is 0 Å². The molecule has 0 radical (unpaired) electrons. The lowest BCUT2D eigenvalue weighted by atomic mass is 10.1. The molecule has 2 rings (SSSR count). The van der Waals surface area contributed by atoms with Crippen LogP contribution in [-0.2, 0) is 17.8 Å². The first kappa shape index (κ1) is 14.9. The normalized spacial score (nSPS) is 12.2. The van der Waals surface area contributed by atoms with Crippen molar-refractivity contribution in [2.75, 3.05) is 20.3 Å². The predicted octanol–water partition coefficient (Wildman–Crippen LogP) is 2.94. The predicted molar refractivity (Wildman–Crippen MR) is 71.6 cm³/mol. The molecule has 1 heterocycles. The molecule has 0 spiro atoms. The van der Waals surface area contributed by atoms with Gasteiger partial charge in [-0.3, -0.25) is 0 Å². The first-order valence-corrected chi connectivity index (χ1v) is 6.36. The van der Waals surface area contributed by atoms with E-state index in [1.807, 2.05) is 42.1 Å². The fraction of sp³-hybridized carbons (Fsp3) is 0.429. The molecule has 2 aromatic rings. The number of halogens is 3. The molecule has 1 aromatic carbocycles. The van der Waals surface area contributed by atoms with Gasteiger partial charge < -0.3 is 14.6 Å². The van der Waals surface area contributed by atoms with E-state index in [1.54, 1.807) is 0 Å². The minimum atomic E-state index is -4.27. The summed E-state index contributed by atoms with van der Waals surface area (Å²) in [6.45, 7) is 0.00499. The van der Waals surface area contributed by atoms with Crippen LogP contribution in [0.1, 0.15) is 5.56 Å². The van der Waals surface area contributed by atoms with Crippen LogP contribution in [0.3, 0.4) is 0 Å². The van der Waals surface area contributed by atoms with Crippen molar-refractivity contribution in [3.8, 4) is 0 Å². The highest BCUT2D eigenvalue weighted by atomic mass is 19.4. The van der Waals surface area contributed by atoms with Gasteiger partial charge in [0, 0.05) is 24.8 Å². The molecule has 0 aliphatic carbocycles. The Morgan fingerprint density at radius 2 is 2.05 bits per heavy atom. The lowest BCUT2D eigenvalue weighted by molar-refractivity contribution is -0.174. The molecule has 0 saturated heterocycles. The van der Waals surface area contributed by atoms with Crippen LogP contribution in [0.15, 0.2) is 30.5 Å². The molecule has 0 unspecified atom stereocenters. The minimum Gasteiger partial charge on any atom is -0.370 e. The van der Waals surface area contributed by atoms with Crippen molar-refractivity contribution < 1.29 is 17.9 Å². The molecule has 1 N–H and O–H groups in total. The molecule has 0 aliphatic heterocycles. The summed E-state index contributed by atoms with van der Waals surface area (Å²) in [6, 6.07) is 8.02. The van der Waals surface area contributed by atoms with Gasteiger partial charge in [0.2, 0.25) is 0 Å². The van der Waals surface area contributed by atoms with Crippen LogP contribution < -0.4 is 5.32 Å². The summed E-state index contributed by atoms with van der Waals surface area (Å²) in [7, 11) is 1.87. The maximum atomic E-state index is 12.0. The quantitative estimate of drug-likeness (QED) is 0.826. The summed E-state index contributed by atoms with van der Waals surface area (Å²) in [5, 5.41) is 4.14. The van der Waals surface area contributed by atoms with Crippen molar-refractivity contribution in [1.82, 2.24) is 9.88 Å². The molecule has 0 atom stereocenters. The molecule has 1 aromatic heterocycles. The minimum absolute atomic E-state index is 0.0412. The third-order valence-corrected chi connectivity index (χ3v) is 2.96. The van der Waals surface area contributed by atoms with Crippen LogP contribution in [0.5, 0.6) is 0 Å². The van der Waals surface area contributed by atoms with E-state index in [2.05, 4.69) is 10.1 Å². The third kappa shape index (κ3) is 3.98. The fourth-order valence-electron chi connectivity index (χ4n) is 2.09. The van der Waals surface area contributed by atoms with Crippen LogP contribution in [-0.4, -0.2) is 31.0 Å². The molecule has 20 heavy (non-hydrogen) atoms. The van der Waals surface area contributed by atoms with E-state index in [4.69, 9.17) is 0 Å². The highest BCUT2D eigenvalue weighted by Crippen LogP contribution is 2.18. The van der Waals surface area contributed by atoms with Crippen molar-refractivity contribution in [2.24, 2.45) is 0 Å². The molecule has 0 fully saturated rings. The van der Waals surface area contributed by atoms with Gasteiger partial charge in [0.15, 0.2) is 0 Å². The monoisotopic (exact) mass is 286 g/mol. The Kier molecular flexibility index (Phi) is 4.67. The summed E-state index contributed by atoms with van der Waals surface area (Å²) < 4.78 is 42.5. The highest BCUT2D eigenvalue weighted by Gasteiger charge is 2.27. The van der Waals surface area contributed by atoms with E-state index in [1.165, 1.54) is 0 Å². The summed E-state index contributed by atoms with van der Waals surface area (Å²) >= 11 is 0. The summed E-state index contributed by atoms with van der Waals surface area (Å²) in [6.07, 6.45) is -2.40. The second-order valence-electron chi connectivity index (χ2n) is 4.60. The number of nitrogens with one attached hydrogen (secondary N) is 1. The van der Waals surface area contributed by atoms with Crippen molar-refractivity contribution >= 4 is 10.9 Å². The lowest BCUT2D eigenvalue weighted by Gasteiger charge is -2.09. The number of aromatic nitrogens is 1. The van der Waals surface area contributed by atoms with Gasteiger partial charge in [0.05, 0.1) is 6.61 Å². The van der Waals surface area contributed by atoms with Gasteiger partial charge in [-0.2, -0.15) is 13.2 Å². The van der Waals surface area contributed by atoms with Crippen LogP contribution in [0.2, 0.25) is 0 Å². The van der Waals surface area contributed by atoms with Crippen LogP contribution in [0.25, 0.3) is 10.9 Å². The highest BCUT2D eigenvalue weighted by molar-refractivity contribution is 5.80. The number of fused-ring (bicyclic) bond motifs is 1. The Balaban J connectivity index is 2.01. The van der Waals surface area contributed by atoms with Gasteiger partial charge in [-0.1, -0.05) is 12.1 Å². The second kappa shape index (κ2) is 6.28. The molecule has 0 amide bonds. The number of nitrogens with zero attached hydrogens (tertiary/aromatic N) is 1. The average molecular weight is 286 g/mol. The molecular weight excluding hydrogens is 269 g/mol. The molecular formula is C14H17F3N2O. The third-order valence-electron chi connectivity index (χ3n) is 2.96. The number of ether oxygens (including phenoxy) is 1. The van der Waals surface area contributed by atoms with Crippen molar-refractivity contribution in [1.29, 1.82) is 0 Å². The summed E-state index contributed by atoms with van der Waals surface area (Å²) in [5.41, 5.74) is 2.14. The van der Waals surface area contributed by atoms with E-state index >= 15 is 0 Å². The number of alkyl halides is 3. The van der Waals surface area contributed by atoms with Gasteiger partial charge in [-0.05, 0) is 30.1 Å². The average Bonchev–Trinajstić information content (AvgIpc) is 2.77. The Labute approximate surface area is 115 Å². The zero-order chi connectivity index (χ0) is 14.6. The lowest BCUT2D eigenvalue weighted by Crippen LogP contribution is -2.18. The Morgan fingerprint density at radius 1 is 1.25 bits per heavy atom. The molecule has 110 valence electrons. The number of hydrogen-bond donors (Lipinski definition) is 1. The number of hydrogen-bond acceptors (Lipinski definition) is 2. The molecule has 0 aliphatic rings. The molecule has 6 heteroatoms. The standard InChI is InChI=1S/C14H17F3N2O/c1-18-9-11-2-3-12-4-5-19(13(12)8-11)6-7-20-10-14(15,16)17/h2-5,8,18H,6-7,9-10H2,1H3. The van der Waals surface area contributed by atoms with Crippen LogP contribution in [0, 0.1) is 0 Å². The maximum absolute atomic E-state index is 12.0. The van der Waals surface area contributed by atoms with Gasteiger partial charge in [0.25, 0.3) is 0 Å². The summed E-state index contributed by atoms with van der Waals surface area (Å²) in [5.74, 6) is 0. The molecule has 3 nitrogen and oxygen atoms in total. The van der Waals surface area contributed by atoms with Gasteiger partial charge in [-0.25, -0.2) is 0 Å². The van der Waals surface area contributed by atoms with Crippen molar-refractivity contribution in [2.45, 2.75) is 19.3 Å². The van der Waals surface area contributed by atoms with Gasteiger partial charge in [-0.15, -0.1) is 0 Å². The zero-order valence-electron chi connectivity index (χ0n) is 11.2. The number of rotatable bonds is 6. The van der Waals surface area contributed by atoms with Crippen molar-refractivity contribution in [3.05, 3.63) is 36.0 Å². The smallest absolute Gasteiger partial charge is 0.370 e. The topological polar surface area (TPSA) is 26.2 Å². The molecule has 0 saturated carbocycles. The fourth-order valence-corrected chi connectivity index (χ4v) is 2.09. The Bertz CT molecular complexity index is 563. The van der Waals surface area contributed by atoms with E-state index in [0.29, 0.717) is 6.54 Å². The van der Waals surface area contributed by atoms with Gasteiger partial charge in [0.1, 0.15) is 6.61 Å². The SMILES string of the molecule is CNCc1ccc2ccn(CCOCC(F)(F)F)c2c1. The van der Waals surface area contributed by atoms with Crippen LogP contribution in [0.4, 0.5) is 13.2 Å². The Morgan fingerprint density at radius 3 is 2.75 bits per heavy atom. The van der Waals surface area contributed by atoms with E-state index in [-0.39, 0.29) is 6.61 Å². The van der Waals surface area contributed by atoms with Crippen molar-refractivity contribution in [3.63, 3.8) is 0 Å². The maximum Gasteiger partial charge on any atom is 0.411 e. The first-order chi connectivity index (χ1) is 9.49. The van der Waals surface area contributed by atoms with E-state index < -0.39 is 12.8 Å². The first-order valence-electron chi connectivity index (χ1n) is 6.36. The van der Waals surface area contributed by atoms with Gasteiger partial charge >= 0.3 is 6.18 Å². The van der Waals surface area contributed by atoms with E-state index in [9.17, 15) is 13.2 Å². The largest absolute Gasteiger partial charge is 0.411 e. The second-order valence-corrected chi connectivity index (χ2v) is 4.60. The zero-order valence-corrected chi connectivity index (χ0v) is 11.2.